The van der Waals surface area contributed by atoms with Gasteiger partial charge in [0.05, 0.1) is 6.10 Å². The number of amides is 1. The molecule has 16 heavy (non-hydrogen) atoms. The van der Waals surface area contributed by atoms with Crippen LogP contribution in [0.3, 0.4) is 0 Å². The van der Waals surface area contributed by atoms with Crippen LogP contribution in [0.25, 0.3) is 0 Å². The molecule has 0 atom stereocenters. The van der Waals surface area contributed by atoms with Gasteiger partial charge >= 0.3 is 0 Å². The molecular formula is C13H25NO2. The molecule has 0 aromatic heterocycles. The molecule has 3 heteroatoms. The van der Waals surface area contributed by atoms with E-state index in [0.717, 1.165) is 38.8 Å². The van der Waals surface area contributed by atoms with E-state index in [1.807, 2.05) is 26.8 Å². The molecule has 0 rings (SSSR count). The van der Waals surface area contributed by atoms with Gasteiger partial charge in [0.25, 0.3) is 0 Å². The van der Waals surface area contributed by atoms with Gasteiger partial charge < -0.3 is 10.1 Å². The lowest BCUT2D eigenvalue weighted by atomic mass is 10.2. The molecule has 0 aliphatic heterocycles. The number of hydrogen-bond donors (Lipinski definition) is 1. The Labute approximate surface area is 99.3 Å². The van der Waals surface area contributed by atoms with E-state index in [9.17, 15) is 4.79 Å². The fraction of sp³-hybridized carbons (Fsp3) is 0.769. The van der Waals surface area contributed by atoms with E-state index in [-0.39, 0.29) is 5.91 Å². The number of ether oxygens (including phenoxy) is 1. The van der Waals surface area contributed by atoms with Crippen molar-refractivity contribution in [3.05, 3.63) is 12.2 Å². The molecular weight excluding hydrogens is 202 g/mol. The van der Waals surface area contributed by atoms with Crippen molar-refractivity contribution in [2.45, 2.75) is 52.6 Å². The predicted octanol–water partition coefficient (Wildman–Crippen LogP) is 2.66. The maximum Gasteiger partial charge on any atom is 0.243 e. The lowest BCUT2D eigenvalue weighted by Crippen LogP contribution is -2.21. The molecule has 0 unspecified atom stereocenters. The summed E-state index contributed by atoms with van der Waals surface area (Å²) >= 11 is 0. The normalized spacial score (nSPS) is 11.2. The number of carbonyl (C=O) groups excluding carboxylic acids is 1. The van der Waals surface area contributed by atoms with Gasteiger partial charge in [-0.25, -0.2) is 0 Å². The standard InChI is InChI=1S/C13H25NO2/c1-4-10-14-13(15)9-7-5-6-8-11-16-12(2)3/h7,9,12H,4-6,8,10-11H2,1-3H3,(H,14,15)/b9-7+. The van der Waals surface area contributed by atoms with Gasteiger partial charge in [-0.1, -0.05) is 13.0 Å². The third kappa shape index (κ3) is 11.2. The molecule has 0 heterocycles. The van der Waals surface area contributed by atoms with Crippen LogP contribution >= 0.6 is 0 Å². The first-order chi connectivity index (χ1) is 7.66. The van der Waals surface area contributed by atoms with E-state index < -0.39 is 0 Å². The summed E-state index contributed by atoms with van der Waals surface area (Å²) in [6, 6.07) is 0. The zero-order chi connectivity index (χ0) is 12.2. The highest BCUT2D eigenvalue weighted by Gasteiger charge is 1.93. The Kier molecular flexibility index (Phi) is 10.1. The number of rotatable bonds is 9. The van der Waals surface area contributed by atoms with Crippen LogP contribution in [-0.2, 0) is 9.53 Å². The molecule has 0 bridgehead atoms. The van der Waals surface area contributed by atoms with E-state index in [1.165, 1.54) is 0 Å². The fourth-order valence-electron chi connectivity index (χ4n) is 1.18. The van der Waals surface area contributed by atoms with E-state index >= 15 is 0 Å². The monoisotopic (exact) mass is 227 g/mol. The van der Waals surface area contributed by atoms with Gasteiger partial charge in [0, 0.05) is 13.2 Å². The van der Waals surface area contributed by atoms with Crippen molar-refractivity contribution in [1.82, 2.24) is 5.32 Å². The highest BCUT2D eigenvalue weighted by molar-refractivity contribution is 5.87. The molecule has 0 saturated heterocycles. The first-order valence-corrected chi connectivity index (χ1v) is 6.22. The Balaban J connectivity index is 3.30. The molecule has 0 aliphatic rings. The molecule has 0 aromatic carbocycles. The SMILES string of the molecule is CCCNC(=O)/C=C/CCCCOC(C)C. The van der Waals surface area contributed by atoms with Crippen LogP contribution in [0, 0.1) is 0 Å². The van der Waals surface area contributed by atoms with Crippen LogP contribution in [0.2, 0.25) is 0 Å². The van der Waals surface area contributed by atoms with Crippen LogP contribution in [0.15, 0.2) is 12.2 Å². The number of unbranched alkanes of at least 4 members (excludes halogenated alkanes) is 2. The van der Waals surface area contributed by atoms with Gasteiger partial charge in [-0.15, -0.1) is 0 Å². The minimum atomic E-state index is 0.0141. The molecule has 0 aliphatic carbocycles. The Morgan fingerprint density at radius 3 is 2.75 bits per heavy atom. The number of allylic oxidation sites excluding steroid dienone is 1. The van der Waals surface area contributed by atoms with Crippen molar-refractivity contribution in [2.24, 2.45) is 0 Å². The Bertz CT molecular complexity index is 200. The summed E-state index contributed by atoms with van der Waals surface area (Å²) < 4.78 is 5.42. The molecule has 1 amide bonds. The average molecular weight is 227 g/mol. The lowest BCUT2D eigenvalue weighted by Gasteiger charge is -2.05. The van der Waals surface area contributed by atoms with Crippen LogP contribution in [0.5, 0.6) is 0 Å². The first-order valence-electron chi connectivity index (χ1n) is 6.22. The van der Waals surface area contributed by atoms with Gasteiger partial charge in [0.2, 0.25) is 5.91 Å². The average Bonchev–Trinajstić information content (AvgIpc) is 2.24. The van der Waals surface area contributed by atoms with E-state index in [1.54, 1.807) is 6.08 Å². The third-order valence-corrected chi connectivity index (χ3v) is 2.03. The summed E-state index contributed by atoms with van der Waals surface area (Å²) in [6.07, 6.45) is 7.92. The number of nitrogens with one attached hydrogen (secondary N) is 1. The third-order valence-electron chi connectivity index (χ3n) is 2.03. The predicted molar refractivity (Wildman–Crippen MR) is 67.4 cm³/mol. The number of hydrogen-bond acceptors (Lipinski definition) is 2. The summed E-state index contributed by atoms with van der Waals surface area (Å²) in [4.78, 5) is 11.2. The second kappa shape index (κ2) is 10.7. The minimum absolute atomic E-state index is 0.0141. The summed E-state index contributed by atoms with van der Waals surface area (Å²) in [5.74, 6) is 0.0141. The first kappa shape index (κ1) is 15.2. The molecule has 0 spiro atoms. The van der Waals surface area contributed by atoms with Gasteiger partial charge in [-0.05, 0) is 45.6 Å². The smallest absolute Gasteiger partial charge is 0.243 e. The van der Waals surface area contributed by atoms with Crippen molar-refractivity contribution in [2.75, 3.05) is 13.2 Å². The molecule has 0 fully saturated rings. The second-order valence-electron chi connectivity index (χ2n) is 4.11. The Morgan fingerprint density at radius 1 is 1.38 bits per heavy atom. The minimum Gasteiger partial charge on any atom is -0.379 e. The van der Waals surface area contributed by atoms with Gasteiger partial charge in [-0.2, -0.15) is 0 Å². The highest BCUT2D eigenvalue weighted by atomic mass is 16.5. The van der Waals surface area contributed by atoms with Crippen LogP contribution in [0.1, 0.15) is 46.5 Å². The van der Waals surface area contributed by atoms with Crippen molar-refractivity contribution in [1.29, 1.82) is 0 Å². The van der Waals surface area contributed by atoms with Crippen LogP contribution in [-0.4, -0.2) is 25.2 Å². The summed E-state index contributed by atoms with van der Waals surface area (Å²) in [7, 11) is 0. The van der Waals surface area contributed by atoms with Crippen molar-refractivity contribution in [3.8, 4) is 0 Å². The molecule has 0 radical (unpaired) electrons. The maximum absolute atomic E-state index is 11.2. The van der Waals surface area contributed by atoms with Gasteiger partial charge in [0.1, 0.15) is 0 Å². The second-order valence-corrected chi connectivity index (χ2v) is 4.11. The zero-order valence-electron chi connectivity index (χ0n) is 10.8. The van der Waals surface area contributed by atoms with Crippen molar-refractivity contribution >= 4 is 5.91 Å². The van der Waals surface area contributed by atoms with E-state index in [0.29, 0.717) is 6.10 Å². The van der Waals surface area contributed by atoms with Crippen molar-refractivity contribution < 1.29 is 9.53 Å². The summed E-state index contributed by atoms with van der Waals surface area (Å²) in [5.41, 5.74) is 0. The van der Waals surface area contributed by atoms with Crippen LogP contribution in [0.4, 0.5) is 0 Å². The zero-order valence-corrected chi connectivity index (χ0v) is 10.8. The number of carbonyl (C=O) groups is 1. The molecule has 94 valence electrons. The molecule has 3 nitrogen and oxygen atoms in total. The van der Waals surface area contributed by atoms with Gasteiger partial charge in [-0.3, -0.25) is 4.79 Å². The Morgan fingerprint density at radius 2 is 2.12 bits per heavy atom. The van der Waals surface area contributed by atoms with Crippen LogP contribution < -0.4 is 5.32 Å². The summed E-state index contributed by atoms with van der Waals surface area (Å²) in [5, 5.41) is 2.80. The molecule has 1 N–H and O–H groups in total. The summed E-state index contributed by atoms with van der Waals surface area (Å²) in [6.45, 7) is 7.69. The quantitative estimate of drug-likeness (QED) is 0.486. The van der Waals surface area contributed by atoms with E-state index in [4.69, 9.17) is 4.74 Å². The highest BCUT2D eigenvalue weighted by Crippen LogP contribution is 1.99. The topological polar surface area (TPSA) is 38.3 Å². The fourth-order valence-corrected chi connectivity index (χ4v) is 1.18. The Hall–Kier alpha value is -0.830. The van der Waals surface area contributed by atoms with Crippen molar-refractivity contribution in [3.63, 3.8) is 0 Å². The molecule has 0 aromatic rings. The molecule has 0 saturated carbocycles. The maximum atomic E-state index is 11.2. The van der Waals surface area contributed by atoms with E-state index in [2.05, 4.69) is 5.32 Å². The lowest BCUT2D eigenvalue weighted by molar-refractivity contribution is -0.116. The van der Waals surface area contributed by atoms with Gasteiger partial charge in [0.15, 0.2) is 0 Å². The largest absolute Gasteiger partial charge is 0.379 e.